The minimum absolute atomic E-state index is 0.0563. The number of hydrogen-bond donors (Lipinski definition) is 0. The van der Waals surface area contributed by atoms with Gasteiger partial charge in [0.1, 0.15) is 0 Å². The first-order chi connectivity index (χ1) is 12.5. The number of nitro groups is 1. The fourth-order valence-electron chi connectivity index (χ4n) is 2.84. The first-order valence-corrected chi connectivity index (χ1v) is 10.2. The Labute approximate surface area is 161 Å². The highest BCUT2D eigenvalue weighted by Gasteiger charge is 2.27. The van der Waals surface area contributed by atoms with E-state index in [1.54, 1.807) is 12.1 Å². The van der Waals surface area contributed by atoms with Crippen molar-refractivity contribution in [3.8, 4) is 0 Å². The lowest BCUT2D eigenvalue weighted by molar-refractivity contribution is -0.384. The van der Waals surface area contributed by atoms with Gasteiger partial charge in [-0.1, -0.05) is 19.1 Å². The predicted molar refractivity (Wildman–Crippen MR) is 107 cm³/mol. The maximum absolute atomic E-state index is 13.1. The second-order valence-electron chi connectivity index (χ2n) is 6.19. The molecule has 26 heavy (non-hydrogen) atoms. The number of thioether (sulfide) groups is 2. The van der Waals surface area contributed by atoms with E-state index >= 15 is 0 Å². The maximum atomic E-state index is 13.1. The van der Waals surface area contributed by atoms with Gasteiger partial charge in [-0.05, 0) is 37.6 Å². The predicted octanol–water partition coefficient (Wildman–Crippen LogP) is 4.99. The third-order valence-electron chi connectivity index (χ3n) is 4.22. The van der Waals surface area contributed by atoms with E-state index in [1.807, 2.05) is 41.8 Å². The zero-order valence-corrected chi connectivity index (χ0v) is 16.3. The van der Waals surface area contributed by atoms with E-state index in [2.05, 4.69) is 13.0 Å². The van der Waals surface area contributed by atoms with Crippen molar-refractivity contribution in [2.45, 2.75) is 40.6 Å². The smallest absolute Gasteiger partial charge is 0.269 e. The van der Waals surface area contributed by atoms with Crippen LogP contribution in [0.4, 0.5) is 11.4 Å². The fourth-order valence-corrected chi connectivity index (χ4v) is 4.88. The number of benzene rings is 2. The van der Waals surface area contributed by atoms with E-state index in [-0.39, 0.29) is 16.8 Å². The van der Waals surface area contributed by atoms with E-state index in [9.17, 15) is 14.9 Å². The molecule has 1 heterocycles. The monoisotopic (exact) mass is 388 g/mol. The summed E-state index contributed by atoms with van der Waals surface area (Å²) in [5.41, 5.74) is 1.03. The van der Waals surface area contributed by atoms with Crippen LogP contribution in [0.1, 0.15) is 20.3 Å². The minimum Gasteiger partial charge on any atom is -0.310 e. The van der Waals surface area contributed by atoms with Gasteiger partial charge < -0.3 is 4.90 Å². The molecule has 7 heteroatoms. The molecule has 1 amide bonds. The molecule has 2 atom stereocenters. The van der Waals surface area contributed by atoms with Gasteiger partial charge in [-0.2, -0.15) is 0 Å². The lowest BCUT2D eigenvalue weighted by atomic mass is 10.2. The molecule has 0 N–H and O–H groups in total. The molecule has 0 fully saturated rings. The third kappa shape index (κ3) is 4.22. The summed E-state index contributed by atoms with van der Waals surface area (Å²) >= 11 is 3.24. The number of amides is 1. The van der Waals surface area contributed by atoms with Crippen molar-refractivity contribution < 1.29 is 9.72 Å². The van der Waals surface area contributed by atoms with E-state index in [0.717, 1.165) is 21.9 Å². The molecule has 0 bridgehead atoms. The SMILES string of the molecule is CC1CCN(C(=O)C(C)Sc2ccc([N+](=O)[O-])cc2)c2ccccc2S1. The quantitative estimate of drug-likeness (QED) is 0.419. The summed E-state index contributed by atoms with van der Waals surface area (Å²) in [5.74, 6) is 0.0653. The molecule has 0 aliphatic carbocycles. The van der Waals surface area contributed by atoms with Crippen LogP contribution < -0.4 is 4.90 Å². The van der Waals surface area contributed by atoms with Crippen molar-refractivity contribution in [3.05, 3.63) is 58.6 Å². The van der Waals surface area contributed by atoms with Crippen LogP contribution in [-0.2, 0) is 4.79 Å². The third-order valence-corrected chi connectivity index (χ3v) is 6.55. The van der Waals surface area contributed by atoms with Gasteiger partial charge in [-0.15, -0.1) is 23.5 Å². The number of carbonyl (C=O) groups is 1. The number of carbonyl (C=O) groups excluding carboxylic acids is 1. The molecule has 0 saturated heterocycles. The highest BCUT2D eigenvalue weighted by atomic mass is 32.2. The Morgan fingerprint density at radius 2 is 1.96 bits per heavy atom. The van der Waals surface area contributed by atoms with Crippen LogP contribution in [0.15, 0.2) is 58.3 Å². The number of hydrogen-bond acceptors (Lipinski definition) is 5. The molecule has 0 radical (unpaired) electrons. The van der Waals surface area contributed by atoms with Crippen LogP contribution in [0.25, 0.3) is 0 Å². The summed E-state index contributed by atoms with van der Waals surface area (Å²) in [6, 6.07) is 14.4. The van der Waals surface area contributed by atoms with Gasteiger partial charge >= 0.3 is 0 Å². The van der Waals surface area contributed by atoms with Gasteiger partial charge in [0, 0.05) is 33.7 Å². The summed E-state index contributed by atoms with van der Waals surface area (Å²) < 4.78 is 0. The molecule has 3 rings (SSSR count). The summed E-state index contributed by atoms with van der Waals surface area (Å²) in [7, 11) is 0. The fraction of sp³-hybridized carbons (Fsp3) is 0.316. The molecular weight excluding hydrogens is 368 g/mol. The lowest BCUT2D eigenvalue weighted by Gasteiger charge is -2.25. The Bertz CT molecular complexity index is 811. The van der Waals surface area contributed by atoms with Crippen molar-refractivity contribution in [3.63, 3.8) is 0 Å². The number of para-hydroxylation sites is 1. The summed E-state index contributed by atoms with van der Waals surface area (Å²) in [5, 5.41) is 11.0. The topological polar surface area (TPSA) is 63.5 Å². The number of nitrogens with zero attached hydrogens (tertiary/aromatic N) is 2. The minimum atomic E-state index is -0.421. The average molecular weight is 389 g/mol. The molecule has 1 aliphatic rings. The molecule has 1 aliphatic heterocycles. The van der Waals surface area contributed by atoms with Crippen molar-refractivity contribution in [1.29, 1.82) is 0 Å². The number of rotatable bonds is 4. The molecule has 2 unspecified atom stereocenters. The largest absolute Gasteiger partial charge is 0.310 e. The lowest BCUT2D eigenvalue weighted by Crippen LogP contribution is -2.37. The van der Waals surface area contributed by atoms with Gasteiger partial charge in [0.15, 0.2) is 0 Å². The summed E-state index contributed by atoms with van der Waals surface area (Å²) in [4.78, 5) is 27.3. The second-order valence-corrected chi connectivity index (χ2v) is 9.08. The van der Waals surface area contributed by atoms with Gasteiger partial charge in [0.2, 0.25) is 5.91 Å². The van der Waals surface area contributed by atoms with Crippen molar-refractivity contribution >= 4 is 40.8 Å². The van der Waals surface area contributed by atoms with E-state index < -0.39 is 4.92 Å². The molecule has 2 aromatic carbocycles. The number of anilines is 1. The van der Waals surface area contributed by atoms with Gasteiger partial charge in [0.05, 0.1) is 15.9 Å². The van der Waals surface area contributed by atoms with Crippen molar-refractivity contribution in [2.24, 2.45) is 0 Å². The first-order valence-electron chi connectivity index (χ1n) is 8.44. The second kappa shape index (κ2) is 8.14. The van der Waals surface area contributed by atoms with Gasteiger partial charge in [-0.3, -0.25) is 14.9 Å². The highest BCUT2D eigenvalue weighted by Crippen LogP contribution is 2.38. The first kappa shape index (κ1) is 18.8. The molecule has 0 spiro atoms. The maximum Gasteiger partial charge on any atom is 0.269 e. The van der Waals surface area contributed by atoms with Gasteiger partial charge in [0.25, 0.3) is 5.69 Å². The molecule has 0 saturated carbocycles. The normalized spacial score (nSPS) is 17.9. The Balaban J connectivity index is 1.76. The van der Waals surface area contributed by atoms with Crippen LogP contribution >= 0.6 is 23.5 Å². The zero-order valence-electron chi connectivity index (χ0n) is 14.6. The molecule has 0 aromatic heterocycles. The summed E-state index contributed by atoms with van der Waals surface area (Å²) in [6.45, 7) is 4.78. The standard InChI is InChI=1S/C19H20N2O3S2/c1-13-11-12-20(17-5-3-4-6-18(17)25-13)19(22)14(2)26-16-9-7-15(8-10-16)21(23)24/h3-10,13-14H,11-12H2,1-2H3. The Morgan fingerprint density at radius 3 is 2.65 bits per heavy atom. The van der Waals surface area contributed by atoms with Gasteiger partial charge in [-0.25, -0.2) is 0 Å². The van der Waals surface area contributed by atoms with Crippen LogP contribution in [0.5, 0.6) is 0 Å². The average Bonchev–Trinajstić information content (AvgIpc) is 2.79. The van der Waals surface area contributed by atoms with Crippen LogP contribution in [0.2, 0.25) is 0 Å². The number of nitro benzene ring substituents is 1. The van der Waals surface area contributed by atoms with Crippen LogP contribution in [0, 0.1) is 10.1 Å². The molecule has 5 nitrogen and oxygen atoms in total. The van der Waals surface area contributed by atoms with Crippen LogP contribution in [-0.4, -0.2) is 27.9 Å². The number of fused-ring (bicyclic) bond motifs is 1. The van der Waals surface area contributed by atoms with Crippen molar-refractivity contribution in [2.75, 3.05) is 11.4 Å². The molecule has 2 aromatic rings. The number of non-ortho nitro benzene ring substituents is 1. The molecular formula is C19H20N2O3S2. The molecule has 136 valence electrons. The Morgan fingerprint density at radius 1 is 1.27 bits per heavy atom. The van der Waals surface area contributed by atoms with E-state index in [4.69, 9.17) is 0 Å². The van der Waals surface area contributed by atoms with Crippen LogP contribution in [0.3, 0.4) is 0 Å². The van der Waals surface area contributed by atoms with Crippen molar-refractivity contribution in [1.82, 2.24) is 0 Å². The summed E-state index contributed by atoms with van der Waals surface area (Å²) in [6.07, 6.45) is 0.944. The Kier molecular flexibility index (Phi) is 5.88. The zero-order chi connectivity index (χ0) is 18.7. The Hall–Kier alpha value is -1.99. The van der Waals surface area contributed by atoms with E-state index in [0.29, 0.717) is 11.8 Å². The van der Waals surface area contributed by atoms with E-state index in [1.165, 1.54) is 23.9 Å². The highest BCUT2D eigenvalue weighted by molar-refractivity contribution is 8.00.